The molecule has 0 bridgehead atoms. The van der Waals surface area contributed by atoms with E-state index < -0.39 is 17.4 Å². The molecule has 3 fully saturated rings. The van der Waals surface area contributed by atoms with Gasteiger partial charge in [0.15, 0.2) is 17.6 Å². The van der Waals surface area contributed by atoms with Crippen LogP contribution >= 0.6 is 0 Å². The van der Waals surface area contributed by atoms with Gasteiger partial charge in [0.05, 0.1) is 65.1 Å². The largest absolute Gasteiger partial charge is 0.376 e. The molecule has 7 heterocycles. The lowest BCUT2D eigenvalue weighted by atomic mass is 9.83. The smallest absolute Gasteiger partial charge is 0.271 e. The molecule has 13 rings (SSSR count). The molecular formula is C58H56F2N10O5. The molecule has 17 heteroatoms. The highest BCUT2D eigenvalue weighted by Crippen LogP contribution is 2.57. The predicted octanol–water partition coefficient (Wildman–Crippen LogP) is 10.7. The molecule has 2 saturated carbocycles. The molecule has 0 unspecified atom stereocenters. The van der Waals surface area contributed by atoms with Crippen molar-refractivity contribution in [3.63, 3.8) is 0 Å². The van der Waals surface area contributed by atoms with Crippen molar-refractivity contribution in [2.75, 3.05) is 29.6 Å². The Morgan fingerprint density at radius 1 is 0.920 bits per heavy atom. The van der Waals surface area contributed by atoms with E-state index in [9.17, 15) is 4.79 Å². The van der Waals surface area contributed by atoms with Crippen LogP contribution in [-0.4, -0.2) is 76.4 Å². The number of aromatic nitrogens is 7. The Labute approximate surface area is 431 Å². The maximum absolute atomic E-state index is 16.7. The van der Waals surface area contributed by atoms with Crippen LogP contribution in [0.2, 0.25) is 0 Å². The zero-order valence-electron chi connectivity index (χ0n) is 42.5. The first-order chi connectivity index (χ1) is 36.3. The third-order valence-electron chi connectivity index (χ3n) is 16.2. The summed E-state index contributed by atoms with van der Waals surface area (Å²) in [5.74, 6) is 2.08. The van der Waals surface area contributed by atoms with Gasteiger partial charge >= 0.3 is 0 Å². The molecule has 5 aliphatic rings. The Morgan fingerprint density at radius 2 is 1.71 bits per heavy atom. The molecule has 4 aromatic heterocycles. The van der Waals surface area contributed by atoms with Crippen LogP contribution in [0.15, 0.2) is 114 Å². The van der Waals surface area contributed by atoms with Gasteiger partial charge in [-0.15, -0.1) is 0 Å². The van der Waals surface area contributed by atoms with Gasteiger partial charge in [-0.3, -0.25) is 19.3 Å². The third kappa shape index (κ3) is 7.73. The minimum Gasteiger partial charge on any atom is -0.376 e. The molecule has 3 aliphatic heterocycles. The van der Waals surface area contributed by atoms with Gasteiger partial charge in [-0.2, -0.15) is 15.2 Å². The van der Waals surface area contributed by atoms with E-state index >= 15 is 13.6 Å². The maximum atomic E-state index is 16.7. The van der Waals surface area contributed by atoms with Crippen LogP contribution < -0.4 is 9.80 Å². The van der Waals surface area contributed by atoms with Crippen molar-refractivity contribution in [1.82, 2.24) is 39.2 Å². The zero-order valence-corrected chi connectivity index (χ0v) is 42.5. The van der Waals surface area contributed by atoms with Gasteiger partial charge in [-0.1, -0.05) is 41.6 Å². The van der Waals surface area contributed by atoms with Gasteiger partial charge in [-0.25, -0.2) is 18.3 Å². The van der Waals surface area contributed by atoms with Crippen molar-refractivity contribution in [2.24, 2.45) is 5.92 Å². The lowest BCUT2D eigenvalue weighted by Crippen LogP contribution is -2.41. The number of rotatable bonds is 12. The minimum absolute atomic E-state index is 0.0156. The topological polar surface area (TPSA) is 142 Å². The van der Waals surface area contributed by atoms with Crippen LogP contribution in [0.4, 0.5) is 20.3 Å². The van der Waals surface area contributed by atoms with Crippen LogP contribution in [-0.2, 0) is 32.8 Å². The van der Waals surface area contributed by atoms with Gasteiger partial charge in [0.2, 0.25) is 12.2 Å². The highest BCUT2D eigenvalue weighted by molar-refractivity contribution is 6.00. The van der Waals surface area contributed by atoms with Gasteiger partial charge in [-0.05, 0) is 137 Å². The fourth-order valence-corrected chi connectivity index (χ4v) is 12.3. The Morgan fingerprint density at radius 3 is 2.45 bits per heavy atom. The first kappa shape index (κ1) is 47.0. The summed E-state index contributed by atoms with van der Waals surface area (Å²) in [5, 5.41) is 15.4. The number of amides is 1. The van der Waals surface area contributed by atoms with Crippen LogP contribution in [0.5, 0.6) is 0 Å². The molecule has 382 valence electrons. The molecule has 0 radical (unpaired) electrons. The van der Waals surface area contributed by atoms with Crippen LogP contribution in [0, 0.1) is 31.4 Å². The fourth-order valence-electron chi connectivity index (χ4n) is 12.3. The standard InChI is InChI=1S/C58H56F2N10O5/c1-34-23-43(24-35(2)52(34)59)70-54(67-21-20-66(50(67)30-71)48-16-15-47-44(53(48)60)29-62-69(47)42-12-13-42)51-36(3)65(19-17-45(51)63-70)55(72)49-26-40-25-38(39-18-22-74-57(4,5)27-39)11-14-46(40)68(49)58(56-61-33-75-64-56)28-41(58)32-73-31-37-9-7-6-8-10-37/h6-11,14-16,20-21,23-26,29,33,36,39,41-42H,12-13,17-19,22,27-28,31-32H2,1-5H3/t36-,39-,41+,58-/m0/s1. The van der Waals surface area contributed by atoms with E-state index in [0.717, 1.165) is 42.1 Å². The summed E-state index contributed by atoms with van der Waals surface area (Å²) in [6.07, 6.45) is 10.8. The summed E-state index contributed by atoms with van der Waals surface area (Å²) < 4.78 is 55.7. The summed E-state index contributed by atoms with van der Waals surface area (Å²) in [6.45, 7) is 11.4. The van der Waals surface area contributed by atoms with Crippen LogP contribution in [0.3, 0.4) is 0 Å². The van der Waals surface area contributed by atoms with E-state index in [2.05, 4.69) is 57.8 Å². The van der Waals surface area contributed by atoms with E-state index in [1.54, 1.807) is 54.0 Å². The number of nitrogens with zero attached hydrogens (tertiary/aromatic N) is 10. The first-order valence-electron chi connectivity index (χ1n) is 25.9. The number of halogens is 2. The second kappa shape index (κ2) is 17.7. The number of ether oxygens (including phenoxy) is 2. The molecule has 4 atom stereocenters. The molecule has 0 N–H and O–H groups in total. The molecule has 2 aliphatic carbocycles. The van der Waals surface area contributed by atoms with Crippen LogP contribution in [0.1, 0.15) is 121 Å². The van der Waals surface area contributed by atoms with Gasteiger partial charge in [0, 0.05) is 54.4 Å². The predicted molar refractivity (Wildman–Crippen MR) is 277 cm³/mol. The van der Waals surface area contributed by atoms with E-state index in [1.807, 2.05) is 59.0 Å². The van der Waals surface area contributed by atoms with Gasteiger partial charge in [0.1, 0.15) is 22.9 Å². The van der Waals surface area contributed by atoms with Crippen molar-refractivity contribution in [1.29, 1.82) is 0 Å². The van der Waals surface area contributed by atoms with Crippen molar-refractivity contribution < 1.29 is 32.4 Å². The maximum Gasteiger partial charge on any atom is 0.271 e. The normalized spacial score (nSPS) is 22.1. The molecule has 4 aromatic carbocycles. The summed E-state index contributed by atoms with van der Waals surface area (Å²) in [4.78, 5) is 39.0. The summed E-state index contributed by atoms with van der Waals surface area (Å²) in [6, 6.07) is 25.1. The van der Waals surface area contributed by atoms with Crippen molar-refractivity contribution in [2.45, 2.75) is 109 Å². The van der Waals surface area contributed by atoms with Gasteiger partial charge in [0.25, 0.3) is 5.91 Å². The Balaban J connectivity index is 0.913. The summed E-state index contributed by atoms with van der Waals surface area (Å²) in [7, 11) is 0. The van der Waals surface area contributed by atoms with E-state index in [1.165, 1.54) is 23.1 Å². The number of hydrogen-bond donors (Lipinski definition) is 0. The summed E-state index contributed by atoms with van der Waals surface area (Å²) >= 11 is 0. The van der Waals surface area contributed by atoms with Crippen molar-refractivity contribution in [3.8, 4) is 5.69 Å². The number of aryl methyl sites for hydroxylation is 2. The monoisotopic (exact) mass is 1010 g/mol. The van der Waals surface area contributed by atoms with E-state index in [0.29, 0.717) is 95.5 Å². The number of carbonyl (C=O) groups is 1. The average Bonchev–Trinajstić information content (AvgIpc) is 3.91. The molecule has 15 nitrogen and oxygen atoms in total. The average molecular weight is 1010 g/mol. The number of carbonyl (C=O) groups excluding carboxylic acids is 2. The van der Waals surface area contributed by atoms with Gasteiger partial charge < -0.3 is 23.5 Å². The third-order valence-corrected chi connectivity index (χ3v) is 16.2. The lowest BCUT2D eigenvalue weighted by Gasteiger charge is -2.35. The molecule has 0 spiro atoms. The number of fused-ring (bicyclic) bond motifs is 3. The lowest BCUT2D eigenvalue weighted by molar-refractivity contribution is -0.0592. The van der Waals surface area contributed by atoms with E-state index in [-0.39, 0.29) is 46.7 Å². The molecule has 1 amide bonds. The van der Waals surface area contributed by atoms with Crippen molar-refractivity contribution in [3.05, 3.63) is 166 Å². The molecule has 75 heavy (non-hydrogen) atoms. The Kier molecular flexibility index (Phi) is 11.1. The first-order valence-corrected chi connectivity index (χ1v) is 25.9. The summed E-state index contributed by atoms with van der Waals surface area (Å²) in [5.41, 5.74) is 5.99. The highest BCUT2D eigenvalue weighted by Gasteiger charge is 2.62. The Bertz CT molecular complexity index is 3640. The SMILES string of the molecule is Cc1cc(-n2nc3c(c2N2C=CN(c4ccc5c(cnn5C5CC5)c4F)C2=C=O)[C@H](C)N(C(=O)c2cc4cc([C@H]5CCOC(C)(C)C5)ccc4n2[C@@]2(c4ncon4)C[C@@H]2COCc2ccccc2)CC3)cc(C)c1F. The molecule has 1 saturated heterocycles. The fraction of sp³-hybridized carbons (Fsp3) is 0.362. The molecule has 8 aromatic rings. The second-order valence-corrected chi connectivity index (χ2v) is 21.6. The molecular weight excluding hydrogens is 955 g/mol. The number of hydrogen-bond acceptors (Lipinski definition) is 11. The van der Waals surface area contributed by atoms with Crippen LogP contribution in [0.25, 0.3) is 27.5 Å². The number of anilines is 2. The second-order valence-electron chi connectivity index (χ2n) is 21.6. The van der Waals surface area contributed by atoms with Crippen molar-refractivity contribution >= 4 is 45.2 Å². The van der Waals surface area contributed by atoms with E-state index in [4.69, 9.17) is 19.1 Å². The Hall–Kier alpha value is -7.72. The number of benzene rings is 4. The zero-order chi connectivity index (χ0) is 51.5. The minimum atomic E-state index is -0.876. The highest BCUT2D eigenvalue weighted by atomic mass is 19.1. The quantitative estimate of drug-likeness (QED) is 0.108.